The third-order valence-electron chi connectivity index (χ3n) is 4.62. The molecule has 1 unspecified atom stereocenters. The fourth-order valence-corrected chi connectivity index (χ4v) is 3.11. The zero-order valence-corrected chi connectivity index (χ0v) is 15.9. The number of halogens is 4. The number of nitrogens with one attached hydrogen (secondary N) is 2. The van der Waals surface area contributed by atoms with Gasteiger partial charge in [-0.3, -0.25) is 9.69 Å². The van der Waals surface area contributed by atoms with Gasteiger partial charge in [0.15, 0.2) is 0 Å². The molecule has 1 aliphatic heterocycles. The number of nitrogens with zero attached hydrogens (tertiary/aromatic N) is 1. The normalized spacial score (nSPS) is 17.3. The van der Waals surface area contributed by atoms with Crippen LogP contribution in [0.25, 0.3) is 0 Å². The monoisotopic (exact) mass is 393 g/mol. The van der Waals surface area contributed by atoms with Crippen LogP contribution in [0.15, 0.2) is 30.3 Å². The van der Waals surface area contributed by atoms with E-state index in [1.165, 1.54) is 4.90 Å². The van der Waals surface area contributed by atoms with Crippen molar-refractivity contribution in [2.45, 2.75) is 37.9 Å². The highest BCUT2D eigenvalue weighted by Gasteiger charge is 2.43. The number of hydrogen-bond donors (Lipinski definition) is 2. The molecule has 1 atom stereocenters. The van der Waals surface area contributed by atoms with Gasteiger partial charge >= 0.3 is 6.18 Å². The predicted octanol–water partition coefficient (Wildman–Crippen LogP) is 2.73. The van der Waals surface area contributed by atoms with E-state index in [1.807, 2.05) is 44.2 Å². The van der Waals surface area contributed by atoms with Crippen molar-refractivity contribution in [2.75, 3.05) is 32.7 Å². The van der Waals surface area contributed by atoms with Crippen molar-refractivity contribution >= 4 is 18.3 Å². The van der Waals surface area contributed by atoms with Crippen molar-refractivity contribution in [2.24, 2.45) is 0 Å². The number of alkyl halides is 3. The maximum atomic E-state index is 13.3. The molecule has 0 aromatic heterocycles. The zero-order chi connectivity index (χ0) is 18.5. The summed E-state index contributed by atoms with van der Waals surface area (Å²) in [6, 6.07) is 7.87. The van der Waals surface area contributed by atoms with E-state index in [-0.39, 0.29) is 24.7 Å². The number of benzene rings is 1. The molecule has 1 fully saturated rings. The van der Waals surface area contributed by atoms with E-state index in [2.05, 4.69) is 10.6 Å². The SMILES string of the molecule is CC(C)(CC(=O)NCC(N1CCNCC1)C(F)(F)F)c1ccccc1.Cl. The minimum absolute atomic E-state index is 0. The molecule has 0 spiro atoms. The lowest BCUT2D eigenvalue weighted by molar-refractivity contribution is -0.184. The minimum atomic E-state index is -4.36. The molecule has 1 aromatic carbocycles. The Labute approximate surface area is 158 Å². The minimum Gasteiger partial charge on any atom is -0.354 e. The molecular weight excluding hydrogens is 367 g/mol. The van der Waals surface area contributed by atoms with Crippen LogP contribution >= 0.6 is 12.4 Å². The molecule has 2 rings (SSSR count). The van der Waals surface area contributed by atoms with Crippen LogP contribution in [0.4, 0.5) is 13.2 Å². The van der Waals surface area contributed by atoms with Gasteiger partial charge in [0.05, 0.1) is 0 Å². The first-order valence-corrected chi connectivity index (χ1v) is 8.54. The van der Waals surface area contributed by atoms with E-state index in [4.69, 9.17) is 0 Å². The lowest BCUT2D eigenvalue weighted by Gasteiger charge is -2.36. The molecule has 26 heavy (non-hydrogen) atoms. The average Bonchev–Trinajstić information content (AvgIpc) is 2.55. The Hall–Kier alpha value is -1.31. The third kappa shape index (κ3) is 6.45. The highest BCUT2D eigenvalue weighted by Crippen LogP contribution is 2.27. The Morgan fingerprint density at radius 3 is 2.31 bits per heavy atom. The largest absolute Gasteiger partial charge is 0.405 e. The summed E-state index contributed by atoms with van der Waals surface area (Å²) >= 11 is 0. The van der Waals surface area contributed by atoms with Crippen molar-refractivity contribution in [1.29, 1.82) is 0 Å². The summed E-state index contributed by atoms with van der Waals surface area (Å²) < 4.78 is 40.0. The van der Waals surface area contributed by atoms with Gasteiger partial charge in [0.1, 0.15) is 6.04 Å². The van der Waals surface area contributed by atoms with Crippen molar-refractivity contribution in [3.05, 3.63) is 35.9 Å². The molecule has 1 amide bonds. The molecule has 2 N–H and O–H groups in total. The third-order valence-corrected chi connectivity index (χ3v) is 4.62. The quantitative estimate of drug-likeness (QED) is 0.781. The van der Waals surface area contributed by atoms with Gasteiger partial charge in [0.25, 0.3) is 0 Å². The number of carbonyl (C=O) groups is 1. The molecule has 4 nitrogen and oxygen atoms in total. The molecule has 1 aliphatic rings. The Morgan fingerprint density at radius 1 is 1.19 bits per heavy atom. The second-order valence-electron chi connectivity index (χ2n) is 7.07. The van der Waals surface area contributed by atoms with Crippen molar-refractivity contribution in [3.63, 3.8) is 0 Å². The molecule has 1 aromatic rings. The number of rotatable bonds is 6. The standard InChI is InChI=1S/C18H26F3N3O.ClH/c1-17(2,14-6-4-3-5-7-14)12-16(25)23-13-15(18(19,20)21)24-10-8-22-9-11-24;/h3-7,15,22H,8-13H2,1-2H3,(H,23,25);1H. The van der Waals surface area contributed by atoms with Crippen molar-refractivity contribution < 1.29 is 18.0 Å². The Morgan fingerprint density at radius 2 is 1.77 bits per heavy atom. The van der Waals surface area contributed by atoms with Crippen LogP contribution in [0.2, 0.25) is 0 Å². The smallest absolute Gasteiger partial charge is 0.354 e. The van der Waals surface area contributed by atoms with Crippen molar-refractivity contribution in [1.82, 2.24) is 15.5 Å². The molecular formula is C18H27ClF3N3O. The highest BCUT2D eigenvalue weighted by molar-refractivity contribution is 5.85. The number of piperazine rings is 1. The first-order chi connectivity index (χ1) is 11.7. The van der Waals surface area contributed by atoms with E-state index < -0.39 is 24.2 Å². The molecule has 0 bridgehead atoms. The Bertz CT molecular complexity index is 561. The second-order valence-corrected chi connectivity index (χ2v) is 7.07. The van der Waals surface area contributed by atoms with Gasteiger partial charge in [0.2, 0.25) is 5.91 Å². The molecule has 1 heterocycles. The Kier molecular flexibility index (Phi) is 8.37. The summed E-state index contributed by atoms with van der Waals surface area (Å²) in [6.07, 6.45) is -4.22. The van der Waals surface area contributed by atoms with Crippen molar-refractivity contribution in [3.8, 4) is 0 Å². The van der Waals surface area contributed by atoms with Gasteiger partial charge < -0.3 is 10.6 Å². The van der Waals surface area contributed by atoms with Crippen LogP contribution in [0.5, 0.6) is 0 Å². The summed E-state index contributed by atoms with van der Waals surface area (Å²) in [4.78, 5) is 13.6. The Balaban J connectivity index is 0.00000338. The first kappa shape index (κ1) is 22.7. The summed E-state index contributed by atoms with van der Waals surface area (Å²) in [5, 5.41) is 5.53. The van der Waals surface area contributed by atoms with Gasteiger partial charge in [-0.25, -0.2) is 0 Å². The summed E-state index contributed by atoms with van der Waals surface area (Å²) in [6.45, 7) is 5.14. The fraction of sp³-hybridized carbons (Fsp3) is 0.611. The molecule has 8 heteroatoms. The highest BCUT2D eigenvalue weighted by atomic mass is 35.5. The lowest BCUT2D eigenvalue weighted by Crippen LogP contribution is -2.57. The van der Waals surface area contributed by atoms with Gasteiger partial charge in [-0.05, 0) is 11.0 Å². The molecule has 0 saturated carbocycles. The number of hydrogen-bond acceptors (Lipinski definition) is 3. The van der Waals surface area contributed by atoms with Crippen LogP contribution in [0, 0.1) is 0 Å². The lowest BCUT2D eigenvalue weighted by atomic mass is 9.81. The van der Waals surface area contributed by atoms with Gasteiger partial charge in [0, 0.05) is 39.1 Å². The average molecular weight is 394 g/mol. The van der Waals surface area contributed by atoms with Crippen LogP contribution in [-0.4, -0.2) is 55.7 Å². The fourth-order valence-electron chi connectivity index (χ4n) is 3.11. The van der Waals surface area contributed by atoms with Crippen LogP contribution in [0.1, 0.15) is 25.8 Å². The van der Waals surface area contributed by atoms with E-state index in [0.717, 1.165) is 5.56 Å². The van der Waals surface area contributed by atoms with Gasteiger partial charge in [-0.1, -0.05) is 44.2 Å². The summed E-state index contributed by atoms with van der Waals surface area (Å²) in [5.74, 6) is -0.363. The van der Waals surface area contributed by atoms with E-state index in [1.54, 1.807) is 0 Å². The molecule has 148 valence electrons. The van der Waals surface area contributed by atoms with Crippen LogP contribution in [-0.2, 0) is 10.2 Å². The van der Waals surface area contributed by atoms with Gasteiger partial charge in [-0.15, -0.1) is 12.4 Å². The molecule has 1 saturated heterocycles. The van der Waals surface area contributed by atoms with Gasteiger partial charge in [-0.2, -0.15) is 13.2 Å². The molecule has 0 aliphatic carbocycles. The number of amides is 1. The molecule has 0 radical (unpaired) electrons. The van der Waals surface area contributed by atoms with Crippen LogP contribution < -0.4 is 10.6 Å². The topological polar surface area (TPSA) is 44.4 Å². The van der Waals surface area contributed by atoms with E-state index in [0.29, 0.717) is 26.2 Å². The number of carbonyl (C=O) groups excluding carboxylic acids is 1. The first-order valence-electron chi connectivity index (χ1n) is 8.54. The zero-order valence-electron chi connectivity index (χ0n) is 15.1. The maximum absolute atomic E-state index is 13.3. The second kappa shape index (κ2) is 9.58. The predicted molar refractivity (Wildman–Crippen MR) is 98.6 cm³/mol. The summed E-state index contributed by atoms with van der Waals surface area (Å²) in [7, 11) is 0. The van der Waals surface area contributed by atoms with E-state index >= 15 is 0 Å². The maximum Gasteiger partial charge on any atom is 0.405 e. The van der Waals surface area contributed by atoms with Crippen LogP contribution in [0.3, 0.4) is 0 Å². The summed E-state index contributed by atoms with van der Waals surface area (Å²) in [5.41, 5.74) is 0.549. The van der Waals surface area contributed by atoms with E-state index in [9.17, 15) is 18.0 Å².